The Morgan fingerprint density at radius 3 is 2.61 bits per heavy atom. The highest BCUT2D eigenvalue weighted by molar-refractivity contribution is 7.14. The van der Waals surface area contributed by atoms with Crippen LogP contribution in [-0.2, 0) is 11.2 Å². The van der Waals surface area contributed by atoms with E-state index in [2.05, 4.69) is 20.2 Å². The van der Waals surface area contributed by atoms with Crippen molar-refractivity contribution in [3.63, 3.8) is 0 Å². The molecule has 4 rings (SSSR count). The third-order valence-electron chi connectivity index (χ3n) is 5.51. The lowest BCUT2D eigenvalue weighted by atomic mass is 9.90. The number of hydrogen-bond acceptors (Lipinski definition) is 7. The van der Waals surface area contributed by atoms with Crippen LogP contribution >= 0.6 is 11.3 Å². The van der Waals surface area contributed by atoms with E-state index in [1.54, 1.807) is 17.3 Å². The highest BCUT2D eigenvalue weighted by Gasteiger charge is 2.30. The molecule has 31 heavy (non-hydrogen) atoms. The first kappa shape index (κ1) is 21.8. The number of pyridine rings is 2. The Labute approximate surface area is 181 Å². The number of hydrogen-bond donors (Lipinski definition) is 0. The molecular formula is C21H22F3N5OS. The fourth-order valence-electron chi connectivity index (χ4n) is 3.79. The Balaban J connectivity index is 1.38. The number of carbonyl (C=O) groups is 1. The zero-order valence-electron chi connectivity index (χ0n) is 17.0. The van der Waals surface area contributed by atoms with Crippen LogP contribution in [0.15, 0.2) is 24.5 Å². The van der Waals surface area contributed by atoms with Gasteiger partial charge in [-0.3, -0.25) is 14.8 Å². The molecule has 1 saturated heterocycles. The van der Waals surface area contributed by atoms with Gasteiger partial charge in [0.05, 0.1) is 18.1 Å². The predicted octanol–water partition coefficient (Wildman–Crippen LogP) is 4.23. The summed E-state index contributed by atoms with van der Waals surface area (Å²) < 4.78 is 37.2. The average Bonchev–Trinajstić information content (AvgIpc) is 3.18. The Bertz CT molecular complexity index is 1080. The van der Waals surface area contributed by atoms with Crippen LogP contribution in [0, 0.1) is 12.8 Å². The molecular weight excluding hydrogens is 427 g/mol. The molecule has 0 aliphatic carbocycles. The minimum Gasteiger partial charge on any atom is -0.303 e. The number of aryl methyl sites for hydroxylation is 1. The maximum absolute atomic E-state index is 12.7. The molecule has 0 atom stereocenters. The van der Waals surface area contributed by atoms with Gasteiger partial charge in [0.1, 0.15) is 15.8 Å². The van der Waals surface area contributed by atoms with Crippen molar-refractivity contribution in [2.75, 3.05) is 19.6 Å². The molecule has 0 saturated carbocycles. The second-order valence-electron chi connectivity index (χ2n) is 7.84. The molecule has 164 valence electrons. The minimum atomic E-state index is -4.14. The number of nitrogens with zero attached hydrogens (tertiary/aromatic N) is 5. The van der Waals surface area contributed by atoms with Crippen LogP contribution in [0.3, 0.4) is 0 Å². The Morgan fingerprint density at radius 1 is 1.16 bits per heavy atom. The van der Waals surface area contributed by atoms with Gasteiger partial charge >= 0.3 is 6.18 Å². The first-order valence-corrected chi connectivity index (χ1v) is 11.0. The van der Waals surface area contributed by atoms with E-state index in [1.165, 1.54) is 11.3 Å². The van der Waals surface area contributed by atoms with E-state index >= 15 is 0 Å². The van der Waals surface area contributed by atoms with Crippen LogP contribution in [0.2, 0.25) is 0 Å². The standard InChI is InChI=1S/C21H22F3N5OS/c1-13-27-28-20(31-13)16-8-15-9-17(25-12-18(15)26-11-16)10-19(30)14-2-5-29(6-3-14)7-4-21(22,23)24/h8-9,11-12,14H,2-7,10H2,1H3. The van der Waals surface area contributed by atoms with Crippen molar-refractivity contribution in [2.24, 2.45) is 5.92 Å². The number of ketones is 1. The molecule has 0 radical (unpaired) electrons. The van der Waals surface area contributed by atoms with Crippen molar-refractivity contribution in [1.29, 1.82) is 0 Å². The number of Topliss-reactive ketones (excluding diaryl/α,β-unsaturated/α-hetero) is 1. The fraction of sp³-hybridized carbons (Fsp3) is 0.476. The lowest BCUT2D eigenvalue weighted by molar-refractivity contribution is -0.139. The van der Waals surface area contributed by atoms with Gasteiger partial charge in [0.2, 0.25) is 0 Å². The van der Waals surface area contributed by atoms with Crippen molar-refractivity contribution >= 4 is 28.0 Å². The molecule has 3 aromatic heterocycles. The van der Waals surface area contributed by atoms with E-state index in [9.17, 15) is 18.0 Å². The first-order valence-electron chi connectivity index (χ1n) is 10.1. The SMILES string of the molecule is Cc1nnc(-c2cnc3cnc(CC(=O)C4CCN(CCC(F)(F)F)CC4)cc3c2)s1. The molecule has 0 N–H and O–H groups in total. The molecule has 0 bridgehead atoms. The number of piperidine rings is 1. The molecule has 10 heteroatoms. The first-order chi connectivity index (χ1) is 14.8. The molecule has 3 aromatic rings. The molecule has 0 aromatic carbocycles. The highest BCUT2D eigenvalue weighted by atomic mass is 32.1. The topological polar surface area (TPSA) is 71.9 Å². The summed E-state index contributed by atoms with van der Waals surface area (Å²) in [6.07, 6.45) is -0.157. The van der Waals surface area contributed by atoms with Crippen molar-refractivity contribution < 1.29 is 18.0 Å². The lowest BCUT2D eigenvalue weighted by Crippen LogP contribution is -2.38. The summed E-state index contributed by atoms with van der Waals surface area (Å²) >= 11 is 1.49. The monoisotopic (exact) mass is 449 g/mol. The molecule has 4 heterocycles. The maximum atomic E-state index is 12.7. The Morgan fingerprint density at radius 2 is 1.94 bits per heavy atom. The van der Waals surface area contributed by atoms with E-state index in [0.29, 0.717) is 31.6 Å². The number of halogens is 3. The molecule has 1 aliphatic rings. The average molecular weight is 450 g/mol. The van der Waals surface area contributed by atoms with Crippen LogP contribution in [0.4, 0.5) is 13.2 Å². The van der Waals surface area contributed by atoms with Crippen LogP contribution in [0.25, 0.3) is 21.5 Å². The summed E-state index contributed by atoms with van der Waals surface area (Å²) in [5.74, 6) is -0.0420. The van der Waals surface area contributed by atoms with Crippen molar-refractivity contribution in [1.82, 2.24) is 25.1 Å². The zero-order chi connectivity index (χ0) is 22.0. The zero-order valence-corrected chi connectivity index (χ0v) is 17.8. The number of fused-ring (bicyclic) bond motifs is 1. The third kappa shape index (κ3) is 5.62. The number of rotatable bonds is 6. The van der Waals surface area contributed by atoms with Crippen LogP contribution < -0.4 is 0 Å². The number of aromatic nitrogens is 4. The number of carbonyl (C=O) groups excluding carboxylic acids is 1. The maximum Gasteiger partial charge on any atom is 0.390 e. The van der Waals surface area contributed by atoms with E-state index in [4.69, 9.17) is 0 Å². The molecule has 1 aliphatic heterocycles. The summed E-state index contributed by atoms with van der Waals surface area (Å²) in [4.78, 5) is 23.3. The second-order valence-corrected chi connectivity index (χ2v) is 9.02. The van der Waals surface area contributed by atoms with Crippen molar-refractivity contribution in [3.8, 4) is 10.6 Å². The van der Waals surface area contributed by atoms with Gasteiger partial charge in [0.15, 0.2) is 0 Å². The summed E-state index contributed by atoms with van der Waals surface area (Å²) in [6.45, 7) is 2.93. The van der Waals surface area contributed by atoms with Crippen molar-refractivity contribution in [2.45, 2.75) is 38.8 Å². The van der Waals surface area contributed by atoms with E-state index < -0.39 is 12.6 Å². The molecule has 6 nitrogen and oxygen atoms in total. The normalized spacial score (nSPS) is 16.1. The van der Waals surface area contributed by atoms with Gasteiger partial charge in [0.25, 0.3) is 0 Å². The number of alkyl halides is 3. The molecule has 1 fully saturated rings. The summed E-state index contributed by atoms with van der Waals surface area (Å²) in [5, 5.41) is 10.7. The quantitative estimate of drug-likeness (QED) is 0.561. The van der Waals surface area contributed by atoms with Gasteiger partial charge in [-0.1, -0.05) is 11.3 Å². The largest absolute Gasteiger partial charge is 0.390 e. The van der Waals surface area contributed by atoms with Gasteiger partial charge in [-0.2, -0.15) is 13.2 Å². The second kappa shape index (κ2) is 8.96. The summed E-state index contributed by atoms with van der Waals surface area (Å²) in [6, 6.07) is 3.84. The lowest BCUT2D eigenvalue weighted by Gasteiger charge is -2.31. The Kier molecular flexibility index (Phi) is 6.29. The van der Waals surface area contributed by atoms with Crippen LogP contribution in [-0.4, -0.2) is 56.7 Å². The van der Waals surface area contributed by atoms with Gasteiger partial charge in [-0.15, -0.1) is 10.2 Å². The van der Waals surface area contributed by atoms with Crippen molar-refractivity contribution in [3.05, 3.63) is 35.2 Å². The van der Waals surface area contributed by atoms with E-state index in [0.717, 1.165) is 26.5 Å². The third-order valence-corrected chi connectivity index (χ3v) is 6.39. The van der Waals surface area contributed by atoms with Gasteiger partial charge < -0.3 is 4.90 Å². The van der Waals surface area contributed by atoms with Gasteiger partial charge in [-0.25, -0.2) is 0 Å². The number of likely N-dealkylation sites (tertiary alicyclic amines) is 1. The molecule has 0 spiro atoms. The minimum absolute atomic E-state index is 0.000115. The van der Waals surface area contributed by atoms with Crippen LogP contribution in [0.1, 0.15) is 30.0 Å². The smallest absolute Gasteiger partial charge is 0.303 e. The van der Waals surface area contributed by atoms with E-state index in [1.807, 2.05) is 19.1 Å². The van der Waals surface area contributed by atoms with Gasteiger partial charge in [0, 0.05) is 41.7 Å². The summed E-state index contributed by atoms with van der Waals surface area (Å²) in [7, 11) is 0. The van der Waals surface area contributed by atoms with E-state index in [-0.39, 0.29) is 24.7 Å². The predicted molar refractivity (Wildman–Crippen MR) is 112 cm³/mol. The van der Waals surface area contributed by atoms with Crippen LogP contribution in [0.5, 0.6) is 0 Å². The van der Waals surface area contributed by atoms with Gasteiger partial charge in [-0.05, 0) is 45.0 Å². The Hall–Kier alpha value is -2.46. The molecule has 0 amide bonds. The summed E-state index contributed by atoms with van der Waals surface area (Å²) in [5.41, 5.74) is 2.27. The molecule has 0 unspecified atom stereocenters. The highest BCUT2D eigenvalue weighted by Crippen LogP contribution is 2.27. The fourth-order valence-corrected chi connectivity index (χ4v) is 4.46.